The van der Waals surface area contributed by atoms with Crippen LogP contribution >= 0.6 is 12.4 Å². The van der Waals surface area contributed by atoms with Gasteiger partial charge >= 0.3 is 0 Å². The van der Waals surface area contributed by atoms with Gasteiger partial charge in [0.25, 0.3) is 0 Å². The van der Waals surface area contributed by atoms with Gasteiger partial charge in [-0.15, -0.1) is 12.4 Å². The summed E-state index contributed by atoms with van der Waals surface area (Å²) < 4.78 is 5.86. The largest absolute Gasteiger partial charge is 0.363 e. The molecule has 0 radical (unpaired) electrons. The summed E-state index contributed by atoms with van der Waals surface area (Å²) in [7, 11) is 0. The fraction of sp³-hybridized carbons (Fsp3) is 1.00. The van der Waals surface area contributed by atoms with Crippen molar-refractivity contribution < 1.29 is 4.74 Å². The Morgan fingerprint density at radius 3 is 2.75 bits per heavy atom. The minimum absolute atomic E-state index is 0. The molecule has 16 heavy (non-hydrogen) atoms. The van der Waals surface area contributed by atoms with Gasteiger partial charge in [-0.3, -0.25) is 5.32 Å². The third-order valence-electron chi connectivity index (χ3n) is 3.43. The molecule has 2 unspecified atom stereocenters. The molecule has 2 atom stereocenters. The van der Waals surface area contributed by atoms with Gasteiger partial charge in [0.15, 0.2) is 0 Å². The number of nitrogens with one attached hydrogen (secondary N) is 2. The van der Waals surface area contributed by atoms with Gasteiger partial charge in [0.1, 0.15) is 6.23 Å². The molecule has 0 aliphatic carbocycles. The monoisotopic (exact) mass is 248 g/mol. The summed E-state index contributed by atoms with van der Waals surface area (Å²) in [5, 5.41) is 6.96. The maximum absolute atomic E-state index is 5.86. The van der Waals surface area contributed by atoms with Gasteiger partial charge in [-0.05, 0) is 38.3 Å². The fourth-order valence-corrected chi connectivity index (χ4v) is 2.41. The van der Waals surface area contributed by atoms with E-state index in [2.05, 4.69) is 24.5 Å². The predicted molar refractivity (Wildman–Crippen MR) is 69.0 cm³/mol. The Kier molecular flexibility index (Phi) is 5.51. The molecule has 0 bridgehead atoms. The quantitative estimate of drug-likeness (QED) is 0.782. The molecule has 2 N–H and O–H groups in total. The molecule has 2 aliphatic rings. The van der Waals surface area contributed by atoms with Crippen molar-refractivity contribution in [3.63, 3.8) is 0 Å². The van der Waals surface area contributed by atoms with E-state index in [9.17, 15) is 0 Å². The van der Waals surface area contributed by atoms with Gasteiger partial charge in [-0.2, -0.15) is 0 Å². The summed E-state index contributed by atoms with van der Waals surface area (Å²) in [4.78, 5) is 0. The van der Waals surface area contributed by atoms with Crippen LogP contribution in [0.25, 0.3) is 0 Å². The summed E-state index contributed by atoms with van der Waals surface area (Å²) in [6.45, 7) is 8.84. The Balaban J connectivity index is 0.00000128. The molecule has 2 rings (SSSR count). The standard InChI is InChI=1S/C12H24N2O.ClH/c1-12(2)8-14-11(15-9-12)6-10-4-3-5-13-7-10;/h10-11,13-14H,3-9H2,1-2H3;1H. The third kappa shape index (κ3) is 4.21. The number of piperidine rings is 1. The van der Waals surface area contributed by atoms with E-state index in [0.29, 0.717) is 11.6 Å². The minimum atomic E-state index is 0. The smallest absolute Gasteiger partial charge is 0.108 e. The Morgan fingerprint density at radius 1 is 1.38 bits per heavy atom. The molecule has 4 heteroatoms. The lowest BCUT2D eigenvalue weighted by molar-refractivity contribution is -0.0682. The zero-order valence-electron chi connectivity index (χ0n) is 10.4. The molecular weight excluding hydrogens is 224 g/mol. The summed E-state index contributed by atoms with van der Waals surface area (Å²) in [6, 6.07) is 0. The zero-order valence-corrected chi connectivity index (χ0v) is 11.2. The summed E-state index contributed by atoms with van der Waals surface area (Å²) in [5.41, 5.74) is 0.307. The van der Waals surface area contributed by atoms with E-state index in [1.54, 1.807) is 0 Å². The molecule has 3 nitrogen and oxygen atoms in total. The van der Waals surface area contributed by atoms with Crippen LogP contribution in [0.15, 0.2) is 0 Å². The third-order valence-corrected chi connectivity index (χ3v) is 3.43. The lowest BCUT2D eigenvalue weighted by Crippen LogP contribution is -2.49. The van der Waals surface area contributed by atoms with Crippen molar-refractivity contribution in [2.24, 2.45) is 11.3 Å². The molecule has 0 aromatic carbocycles. The first kappa shape index (κ1) is 14.2. The normalized spacial score (nSPS) is 34.1. The highest BCUT2D eigenvalue weighted by molar-refractivity contribution is 5.85. The van der Waals surface area contributed by atoms with Crippen LogP contribution < -0.4 is 10.6 Å². The highest BCUT2D eigenvalue weighted by Gasteiger charge is 2.28. The first-order valence-corrected chi connectivity index (χ1v) is 6.21. The van der Waals surface area contributed by atoms with Crippen molar-refractivity contribution in [2.75, 3.05) is 26.2 Å². The minimum Gasteiger partial charge on any atom is -0.363 e. The molecule has 2 fully saturated rings. The first-order chi connectivity index (χ1) is 7.16. The maximum atomic E-state index is 5.86. The SMILES string of the molecule is CC1(C)CNC(CC2CCCNC2)OC1.Cl. The van der Waals surface area contributed by atoms with E-state index in [1.165, 1.54) is 32.4 Å². The van der Waals surface area contributed by atoms with E-state index in [1.807, 2.05) is 0 Å². The molecule has 2 aliphatic heterocycles. The number of ether oxygens (including phenoxy) is 1. The van der Waals surface area contributed by atoms with E-state index in [0.717, 1.165) is 19.1 Å². The van der Waals surface area contributed by atoms with Crippen LogP contribution in [-0.2, 0) is 4.74 Å². The predicted octanol–water partition coefficient (Wildman–Crippen LogP) is 1.77. The van der Waals surface area contributed by atoms with Crippen LogP contribution in [0.4, 0.5) is 0 Å². The Labute approximate surface area is 105 Å². The van der Waals surface area contributed by atoms with Crippen molar-refractivity contribution >= 4 is 12.4 Å². The zero-order chi connectivity index (χ0) is 10.7. The van der Waals surface area contributed by atoms with Gasteiger partial charge in [-0.25, -0.2) is 0 Å². The van der Waals surface area contributed by atoms with E-state index in [-0.39, 0.29) is 12.4 Å². The van der Waals surface area contributed by atoms with Crippen molar-refractivity contribution in [3.05, 3.63) is 0 Å². The Bertz CT molecular complexity index is 195. The molecular formula is C12H25ClN2O. The number of hydrogen-bond acceptors (Lipinski definition) is 3. The van der Waals surface area contributed by atoms with E-state index in [4.69, 9.17) is 4.74 Å². The van der Waals surface area contributed by atoms with Crippen LogP contribution in [-0.4, -0.2) is 32.5 Å². The van der Waals surface area contributed by atoms with Gasteiger partial charge in [0.2, 0.25) is 0 Å². The second kappa shape index (κ2) is 6.20. The van der Waals surface area contributed by atoms with E-state index < -0.39 is 0 Å². The van der Waals surface area contributed by atoms with Gasteiger partial charge in [0, 0.05) is 12.0 Å². The second-order valence-corrected chi connectivity index (χ2v) is 5.79. The van der Waals surface area contributed by atoms with Crippen molar-refractivity contribution in [1.82, 2.24) is 10.6 Å². The van der Waals surface area contributed by atoms with Crippen molar-refractivity contribution in [1.29, 1.82) is 0 Å². The molecule has 0 spiro atoms. The van der Waals surface area contributed by atoms with Crippen LogP contribution in [0.3, 0.4) is 0 Å². The van der Waals surface area contributed by atoms with Crippen LogP contribution in [0.1, 0.15) is 33.1 Å². The average molecular weight is 249 g/mol. The highest BCUT2D eigenvalue weighted by atomic mass is 35.5. The molecule has 96 valence electrons. The summed E-state index contributed by atoms with van der Waals surface area (Å²) in [6.07, 6.45) is 4.15. The van der Waals surface area contributed by atoms with Gasteiger partial charge < -0.3 is 10.1 Å². The summed E-state index contributed by atoms with van der Waals surface area (Å²) >= 11 is 0. The number of rotatable bonds is 2. The Morgan fingerprint density at radius 2 is 2.19 bits per heavy atom. The van der Waals surface area contributed by atoms with Crippen LogP contribution in [0.2, 0.25) is 0 Å². The van der Waals surface area contributed by atoms with Crippen LogP contribution in [0, 0.1) is 11.3 Å². The van der Waals surface area contributed by atoms with Gasteiger partial charge in [-0.1, -0.05) is 13.8 Å². The fourth-order valence-electron chi connectivity index (χ4n) is 2.41. The maximum Gasteiger partial charge on any atom is 0.108 e. The first-order valence-electron chi connectivity index (χ1n) is 6.21. The topological polar surface area (TPSA) is 33.3 Å². The van der Waals surface area contributed by atoms with Crippen LogP contribution in [0.5, 0.6) is 0 Å². The molecule has 2 heterocycles. The van der Waals surface area contributed by atoms with Crippen molar-refractivity contribution in [3.8, 4) is 0 Å². The second-order valence-electron chi connectivity index (χ2n) is 5.79. The lowest BCUT2D eigenvalue weighted by Gasteiger charge is -2.37. The lowest BCUT2D eigenvalue weighted by atomic mass is 9.91. The number of hydrogen-bond donors (Lipinski definition) is 2. The molecule has 0 aromatic heterocycles. The molecule has 0 aromatic rings. The Hall–Kier alpha value is 0.170. The van der Waals surface area contributed by atoms with Crippen molar-refractivity contribution in [2.45, 2.75) is 39.3 Å². The molecule has 0 amide bonds. The highest BCUT2D eigenvalue weighted by Crippen LogP contribution is 2.23. The van der Waals surface area contributed by atoms with E-state index >= 15 is 0 Å². The number of halogens is 1. The molecule has 0 saturated carbocycles. The van der Waals surface area contributed by atoms with Gasteiger partial charge in [0.05, 0.1) is 6.61 Å². The average Bonchev–Trinajstić information content (AvgIpc) is 2.23. The molecule has 2 saturated heterocycles. The summed E-state index contributed by atoms with van der Waals surface area (Å²) in [5.74, 6) is 0.803.